The number of Topliss-reactive ketones (excluding diaryl/α,β-unsaturated/α-hetero) is 1. The van der Waals surface area contributed by atoms with E-state index in [9.17, 15) is 19.1 Å². The summed E-state index contributed by atoms with van der Waals surface area (Å²) in [5, 5.41) is 11.7. The van der Waals surface area contributed by atoms with Gasteiger partial charge in [-0.1, -0.05) is 75.4 Å². The first kappa shape index (κ1) is 24.5. The fourth-order valence-corrected chi connectivity index (χ4v) is 4.76. The molecule has 1 N–H and O–H groups in total. The average molecular weight is 498 g/mol. The Morgan fingerprint density at radius 1 is 1.00 bits per heavy atom. The van der Waals surface area contributed by atoms with Crippen molar-refractivity contribution in [1.82, 2.24) is 4.90 Å². The Kier molecular flexibility index (Phi) is 6.20. The van der Waals surface area contributed by atoms with Crippen LogP contribution in [0.3, 0.4) is 0 Å². The molecule has 6 heteroatoms. The van der Waals surface area contributed by atoms with E-state index in [0.717, 1.165) is 16.5 Å². The molecule has 0 fully saturated rings. The second-order valence-electron chi connectivity index (χ2n) is 10.4. The Labute approximate surface area is 214 Å². The Hall–Kier alpha value is -4.19. The van der Waals surface area contributed by atoms with Gasteiger partial charge in [-0.15, -0.1) is 0 Å². The van der Waals surface area contributed by atoms with Crippen LogP contribution in [0.4, 0.5) is 4.39 Å². The molecule has 0 saturated heterocycles. The number of amides is 1. The molecule has 1 aliphatic rings. The molecule has 1 unspecified atom stereocenters. The van der Waals surface area contributed by atoms with Crippen molar-refractivity contribution in [3.05, 3.63) is 118 Å². The van der Waals surface area contributed by atoms with Crippen LogP contribution >= 0.6 is 0 Å². The number of furan rings is 1. The monoisotopic (exact) mass is 497 g/mol. The van der Waals surface area contributed by atoms with Gasteiger partial charge in [0.25, 0.3) is 5.91 Å². The second kappa shape index (κ2) is 9.36. The minimum atomic E-state index is -0.789. The van der Waals surface area contributed by atoms with E-state index in [1.807, 2.05) is 42.5 Å². The predicted molar refractivity (Wildman–Crippen MR) is 140 cm³/mol. The van der Waals surface area contributed by atoms with Gasteiger partial charge in [0, 0.05) is 11.9 Å². The molecule has 5 rings (SSSR count). The third-order valence-electron chi connectivity index (χ3n) is 6.84. The molecule has 0 radical (unpaired) electrons. The van der Waals surface area contributed by atoms with Crippen LogP contribution < -0.4 is 0 Å². The summed E-state index contributed by atoms with van der Waals surface area (Å²) in [7, 11) is 0. The number of ketones is 1. The van der Waals surface area contributed by atoms with E-state index in [1.165, 1.54) is 17.0 Å². The molecule has 1 aliphatic heterocycles. The Morgan fingerprint density at radius 3 is 2.32 bits per heavy atom. The molecule has 0 saturated carbocycles. The summed E-state index contributed by atoms with van der Waals surface area (Å²) in [5.74, 6) is -2.00. The van der Waals surface area contributed by atoms with Gasteiger partial charge in [-0.2, -0.15) is 0 Å². The minimum Gasteiger partial charge on any atom is -0.503 e. The maximum absolute atomic E-state index is 13.7. The summed E-state index contributed by atoms with van der Waals surface area (Å²) in [4.78, 5) is 28.5. The van der Waals surface area contributed by atoms with Gasteiger partial charge in [0.05, 0.1) is 11.6 Å². The van der Waals surface area contributed by atoms with Crippen molar-refractivity contribution in [2.75, 3.05) is 6.54 Å². The lowest BCUT2D eigenvalue weighted by atomic mass is 9.85. The Balaban J connectivity index is 1.54. The van der Waals surface area contributed by atoms with Crippen molar-refractivity contribution in [3.63, 3.8) is 0 Å². The van der Waals surface area contributed by atoms with Crippen LogP contribution in [0, 0.1) is 5.82 Å². The first-order chi connectivity index (χ1) is 17.6. The lowest BCUT2D eigenvalue weighted by Gasteiger charge is -2.27. The van der Waals surface area contributed by atoms with Gasteiger partial charge >= 0.3 is 0 Å². The van der Waals surface area contributed by atoms with E-state index < -0.39 is 23.5 Å². The summed E-state index contributed by atoms with van der Waals surface area (Å²) in [6.45, 7) is 6.56. The van der Waals surface area contributed by atoms with Gasteiger partial charge in [0.15, 0.2) is 11.5 Å². The molecular formula is C31H28FNO4. The standard InChI is InChI=1S/C31H28FNO4/c1-31(2,3)22-12-10-20(11-13-22)27-26(28(34)25-18-21-6-4-5-7-24(21)37-25)29(35)30(36)33(27)17-16-19-8-14-23(32)15-9-19/h4-15,18,27,35H,16-17H2,1-3H3. The van der Waals surface area contributed by atoms with Crippen molar-refractivity contribution in [3.8, 4) is 0 Å². The molecule has 2 heterocycles. The Bertz CT molecular complexity index is 1470. The van der Waals surface area contributed by atoms with E-state index in [2.05, 4.69) is 20.8 Å². The molecule has 0 aliphatic carbocycles. The quantitative estimate of drug-likeness (QED) is 0.301. The van der Waals surface area contributed by atoms with Crippen molar-refractivity contribution in [1.29, 1.82) is 0 Å². The number of halogens is 1. The van der Waals surface area contributed by atoms with Crippen LogP contribution in [0.25, 0.3) is 11.0 Å². The number of aliphatic hydroxyl groups is 1. The lowest BCUT2D eigenvalue weighted by molar-refractivity contribution is -0.129. The number of nitrogens with zero attached hydrogens (tertiary/aromatic N) is 1. The molecule has 188 valence electrons. The van der Waals surface area contributed by atoms with Crippen molar-refractivity contribution in [2.45, 2.75) is 38.6 Å². The lowest BCUT2D eigenvalue weighted by Crippen LogP contribution is -2.33. The highest BCUT2D eigenvalue weighted by atomic mass is 19.1. The maximum atomic E-state index is 13.7. The number of rotatable bonds is 6. The smallest absolute Gasteiger partial charge is 0.290 e. The zero-order valence-electron chi connectivity index (χ0n) is 21.0. The van der Waals surface area contributed by atoms with Crippen molar-refractivity contribution >= 4 is 22.7 Å². The summed E-state index contributed by atoms with van der Waals surface area (Å²) in [5.41, 5.74) is 3.13. The number of hydrogen-bond donors (Lipinski definition) is 1. The molecule has 1 amide bonds. The van der Waals surface area contributed by atoms with Crippen molar-refractivity contribution in [2.24, 2.45) is 0 Å². The normalized spacial score (nSPS) is 16.2. The molecule has 1 atom stereocenters. The molecule has 4 aromatic rings. The van der Waals surface area contributed by atoms with Crippen LogP contribution in [-0.4, -0.2) is 28.2 Å². The summed E-state index contributed by atoms with van der Waals surface area (Å²) >= 11 is 0. The molecule has 37 heavy (non-hydrogen) atoms. The van der Waals surface area contributed by atoms with E-state index in [4.69, 9.17) is 4.42 Å². The topological polar surface area (TPSA) is 70.7 Å². The first-order valence-corrected chi connectivity index (χ1v) is 12.3. The van der Waals surface area contributed by atoms with Crippen LogP contribution in [0.2, 0.25) is 0 Å². The summed E-state index contributed by atoms with van der Waals surface area (Å²) < 4.78 is 19.2. The predicted octanol–water partition coefficient (Wildman–Crippen LogP) is 6.69. The van der Waals surface area contributed by atoms with E-state index in [-0.39, 0.29) is 29.1 Å². The SMILES string of the molecule is CC(C)(C)c1ccc(C2C(C(=O)c3cc4ccccc4o3)=C(O)C(=O)N2CCc2ccc(F)cc2)cc1. The van der Waals surface area contributed by atoms with Gasteiger partial charge in [0.2, 0.25) is 5.78 Å². The van der Waals surface area contributed by atoms with E-state index in [1.54, 1.807) is 24.3 Å². The maximum Gasteiger partial charge on any atom is 0.290 e. The third kappa shape index (κ3) is 4.67. The molecule has 3 aromatic carbocycles. The fourth-order valence-electron chi connectivity index (χ4n) is 4.76. The van der Waals surface area contributed by atoms with Gasteiger partial charge < -0.3 is 14.4 Å². The van der Waals surface area contributed by atoms with Gasteiger partial charge in [0.1, 0.15) is 11.4 Å². The number of benzene rings is 3. The van der Waals surface area contributed by atoms with Crippen LogP contribution in [0.5, 0.6) is 0 Å². The molecule has 1 aromatic heterocycles. The van der Waals surface area contributed by atoms with Crippen LogP contribution in [-0.2, 0) is 16.6 Å². The van der Waals surface area contributed by atoms with E-state index >= 15 is 0 Å². The zero-order chi connectivity index (χ0) is 26.3. The highest BCUT2D eigenvalue weighted by Gasteiger charge is 2.44. The summed E-state index contributed by atoms with van der Waals surface area (Å²) in [6, 6.07) is 21.9. The first-order valence-electron chi connectivity index (χ1n) is 12.3. The van der Waals surface area contributed by atoms with Crippen LogP contribution in [0.15, 0.2) is 94.6 Å². The molecular weight excluding hydrogens is 469 g/mol. The number of para-hydroxylation sites is 1. The van der Waals surface area contributed by atoms with Gasteiger partial charge in [-0.05, 0) is 52.8 Å². The highest BCUT2D eigenvalue weighted by Crippen LogP contribution is 2.40. The average Bonchev–Trinajstić information content (AvgIpc) is 3.42. The number of fused-ring (bicyclic) bond motifs is 1. The van der Waals surface area contributed by atoms with Crippen molar-refractivity contribution < 1.29 is 23.5 Å². The summed E-state index contributed by atoms with van der Waals surface area (Å²) in [6.07, 6.45) is 0.433. The largest absolute Gasteiger partial charge is 0.503 e. The number of carbonyl (C=O) groups excluding carboxylic acids is 2. The molecule has 0 bridgehead atoms. The fraction of sp³-hybridized carbons (Fsp3) is 0.226. The number of aliphatic hydroxyl groups excluding tert-OH is 1. The number of hydrogen-bond acceptors (Lipinski definition) is 4. The third-order valence-corrected chi connectivity index (χ3v) is 6.84. The molecule has 0 spiro atoms. The molecule has 5 nitrogen and oxygen atoms in total. The minimum absolute atomic E-state index is 0.00771. The van der Waals surface area contributed by atoms with E-state index in [0.29, 0.717) is 17.6 Å². The highest BCUT2D eigenvalue weighted by molar-refractivity contribution is 6.16. The van der Waals surface area contributed by atoms with Gasteiger partial charge in [-0.3, -0.25) is 9.59 Å². The number of carbonyl (C=O) groups is 2. The zero-order valence-corrected chi connectivity index (χ0v) is 21.0. The van der Waals surface area contributed by atoms with Gasteiger partial charge in [-0.25, -0.2) is 4.39 Å². The van der Waals surface area contributed by atoms with Crippen LogP contribution in [0.1, 0.15) is 54.1 Å². The second-order valence-corrected chi connectivity index (χ2v) is 10.4. The Morgan fingerprint density at radius 2 is 1.68 bits per heavy atom.